The number of rotatable bonds is 5. The molecule has 0 amide bonds. The number of aromatic nitrogens is 1. The molecule has 0 aliphatic rings. The highest BCUT2D eigenvalue weighted by Crippen LogP contribution is 2.20. The molecule has 0 aliphatic carbocycles. The lowest BCUT2D eigenvalue weighted by Gasteiger charge is -2.09. The van der Waals surface area contributed by atoms with Gasteiger partial charge in [-0.25, -0.2) is 0 Å². The fourth-order valence-corrected chi connectivity index (χ4v) is 2.19. The van der Waals surface area contributed by atoms with E-state index in [9.17, 15) is 4.79 Å². The molecule has 0 spiro atoms. The zero-order chi connectivity index (χ0) is 11.3. The number of carbonyl (C=O) groups is 1. The first-order valence-corrected chi connectivity index (χ1v) is 5.93. The molecule has 0 aliphatic heterocycles. The van der Waals surface area contributed by atoms with Crippen LogP contribution in [0.15, 0.2) is 18.5 Å². The molecular formula is C11H15NO2S. The van der Waals surface area contributed by atoms with Crippen LogP contribution < -0.4 is 0 Å². The van der Waals surface area contributed by atoms with Gasteiger partial charge in [0.25, 0.3) is 0 Å². The Morgan fingerprint density at radius 2 is 2.33 bits per heavy atom. The summed E-state index contributed by atoms with van der Waals surface area (Å²) >= 11 is 1.45. The lowest BCUT2D eigenvalue weighted by Crippen LogP contribution is -2.15. The summed E-state index contributed by atoms with van der Waals surface area (Å²) in [6.07, 6.45) is 4.23. The van der Waals surface area contributed by atoms with Gasteiger partial charge in [0.2, 0.25) is 0 Å². The first-order chi connectivity index (χ1) is 7.13. The molecule has 1 atom stereocenters. The van der Waals surface area contributed by atoms with Crippen LogP contribution in [-0.4, -0.2) is 21.3 Å². The van der Waals surface area contributed by atoms with Gasteiger partial charge in [0.1, 0.15) is 5.25 Å². The molecule has 0 saturated heterocycles. The molecule has 3 nitrogen and oxygen atoms in total. The molecule has 1 heterocycles. The Morgan fingerprint density at radius 1 is 1.60 bits per heavy atom. The summed E-state index contributed by atoms with van der Waals surface area (Å²) in [6, 6.07) is 2.04. The molecule has 1 N–H and O–H groups in total. The van der Waals surface area contributed by atoms with Gasteiger partial charge in [0.15, 0.2) is 0 Å². The summed E-state index contributed by atoms with van der Waals surface area (Å²) in [5.41, 5.74) is 2.19. The number of thioether (sulfide) groups is 1. The minimum absolute atomic E-state index is 0.314. The van der Waals surface area contributed by atoms with E-state index in [1.807, 2.05) is 19.9 Å². The first kappa shape index (κ1) is 12.0. The van der Waals surface area contributed by atoms with E-state index < -0.39 is 5.97 Å². The van der Waals surface area contributed by atoms with Gasteiger partial charge in [0, 0.05) is 18.1 Å². The number of hydrogen-bond acceptors (Lipinski definition) is 3. The van der Waals surface area contributed by atoms with E-state index in [1.165, 1.54) is 11.8 Å². The van der Waals surface area contributed by atoms with Crippen LogP contribution in [0.5, 0.6) is 0 Å². The second-order valence-corrected chi connectivity index (χ2v) is 4.61. The van der Waals surface area contributed by atoms with Gasteiger partial charge in [-0.1, -0.05) is 13.0 Å². The number of aliphatic carboxylic acids is 1. The van der Waals surface area contributed by atoms with Crippen molar-refractivity contribution in [3.8, 4) is 0 Å². The molecule has 82 valence electrons. The van der Waals surface area contributed by atoms with Gasteiger partial charge in [-0.2, -0.15) is 0 Å². The summed E-state index contributed by atoms with van der Waals surface area (Å²) < 4.78 is 0. The molecule has 1 unspecified atom stereocenters. The van der Waals surface area contributed by atoms with Crippen LogP contribution in [-0.2, 0) is 10.5 Å². The van der Waals surface area contributed by atoms with Crippen LogP contribution in [0.1, 0.15) is 24.5 Å². The Balaban J connectivity index is 2.52. The van der Waals surface area contributed by atoms with Crippen molar-refractivity contribution in [1.29, 1.82) is 0 Å². The molecule has 15 heavy (non-hydrogen) atoms. The van der Waals surface area contributed by atoms with Crippen LogP contribution in [0.2, 0.25) is 0 Å². The van der Waals surface area contributed by atoms with Gasteiger partial charge in [-0.05, 0) is 24.5 Å². The monoisotopic (exact) mass is 225 g/mol. The van der Waals surface area contributed by atoms with Gasteiger partial charge in [-0.15, -0.1) is 11.8 Å². The fraction of sp³-hybridized carbons (Fsp3) is 0.455. The third-order valence-electron chi connectivity index (χ3n) is 2.03. The predicted octanol–water partition coefficient (Wildman–Crippen LogP) is 2.49. The Hall–Kier alpha value is -1.03. The smallest absolute Gasteiger partial charge is 0.316 e. The zero-order valence-corrected chi connectivity index (χ0v) is 9.75. The number of pyridine rings is 1. The highest BCUT2D eigenvalue weighted by Gasteiger charge is 2.15. The Kier molecular flexibility index (Phi) is 4.62. The van der Waals surface area contributed by atoms with Gasteiger partial charge >= 0.3 is 5.97 Å². The molecule has 0 fully saturated rings. The first-order valence-electron chi connectivity index (χ1n) is 4.88. The second-order valence-electron chi connectivity index (χ2n) is 3.42. The van der Waals surface area contributed by atoms with E-state index in [-0.39, 0.29) is 5.25 Å². The summed E-state index contributed by atoms with van der Waals surface area (Å²) in [5.74, 6) is -0.0254. The lowest BCUT2D eigenvalue weighted by atomic mass is 10.2. The van der Waals surface area contributed by atoms with Crippen molar-refractivity contribution in [3.05, 3.63) is 29.6 Å². The molecule has 1 rings (SSSR count). The molecule has 0 aromatic carbocycles. The second kappa shape index (κ2) is 5.75. The Labute approximate surface area is 93.9 Å². The number of carboxylic acid groups (broad SMARTS) is 1. The SMILES string of the molecule is CCC(SCc1cncc(C)c1)C(=O)O. The van der Waals surface area contributed by atoms with E-state index in [4.69, 9.17) is 5.11 Å². The maximum absolute atomic E-state index is 10.8. The van der Waals surface area contributed by atoms with Crippen LogP contribution in [0, 0.1) is 6.92 Å². The van der Waals surface area contributed by atoms with Gasteiger partial charge in [-0.3, -0.25) is 9.78 Å². The molecule has 0 saturated carbocycles. The summed E-state index contributed by atoms with van der Waals surface area (Å²) in [4.78, 5) is 14.9. The molecule has 0 radical (unpaired) electrons. The van der Waals surface area contributed by atoms with Gasteiger partial charge in [0.05, 0.1) is 0 Å². The average Bonchev–Trinajstić information content (AvgIpc) is 2.18. The Morgan fingerprint density at radius 3 is 2.87 bits per heavy atom. The molecular weight excluding hydrogens is 210 g/mol. The van der Waals surface area contributed by atoms with E-state index in [2.05, 4.69) is 4.98 Å². The number of carboxylic acids is 1. The van der Waals surface area contributed by atoms with Gasteiger partial charge < -0.3 is 5.11 Å². The highest BCUT2D eigenvalue weighted by molar-refractivity contribution is 7.99. The molecule has 4 heteroatoms. The quantitative estimate of drug-likeness (QED) is 0.836. The van der Waals surface area contributed by atoms with E-state index in [0.29, 0.717) is 12.2 Å². The van der Waals surface area contributed by atoms with E-state index >= 15 is 0 Å². The average molecular weight is 225 g/mol. The number of nitrogens with zero attached hydrogens (tertiary/aromatic N) is 1. The zero-order valence-electron chi connectivity index (χ0n) is 8.93. The minimum Gasteiger partial charge on any atom is -0.480 e. The Bertz CT molecular complexity index is 341. The minimum atomic E-state index is -0.733. The van der Waals surface area contributed by atoms with Crippen molar-refractivity contribution in [1.82, 2.24) is 4.98 Å². The molecule has 1 aromatic heterocycles. The normalized spacial score (nSPS) is 12.4. The fourth-order valence-electron chi connectivity index (χ4n) is 1.26. The summed E-state index contributed by atoms with van der Waals surface area (Å²) in [7, 11) is 0. The molecule has 1 aromatic rings. The third-order valence-corrected chi connectivity index (χ3v) is 3.47. The third kappa shape index (κ3) is 3.91. The van der Waals surface area contributed by atoms with Crippen molar-refractivity contribution in [3.63, 3.8) is 0 Å². The van der Waals surface area contributed by atoms with Crippen molar-refractivity contribution < 1.29 is 9.90 Å². The van der Waals surface area contributed by atoms with Crippen LogP contribution in [0.4, 0.5) is 0 Å². The van der Waals surface area contributed by atoms with Crippen molar-refractivity contribution in [2.45, 2.75) is 31.3 Å². The van der Waals surface area contributed by atoms with Crippen molar-refractivity contribution in [2.24, 2.45) is 0 Å². The molecule has 0 bridgehead atoms. The maximum Gasteiger partial charge on any atom is 0.316 e. The van der Waals surface area contributed by atoms with Crippen molar-refractivity contribution >= 4 is 17.7 Å². The largest absolute Gasteiger partial charge is 0.480 e. The summed E-state index contributed by atoms with van der Waals surface area (Å²) in [6.45, 7) is 3.87. The van der Waals surface area contributed by atoms with E-state index in [0.717, 1.165) is 11.1 Å². The topological polar surface area (TPSA) is 50.2 Å². The summed E-state index contributed by atoms with van der Waals surface area (Å²) in [5, 5.41) is 8.56. The number of hydrogen-bond donors (Lipinski definition) is 1. The highest BCUT2D eigenvalue weighted by atomic mass is 32.2. The van der Waals surface area contributed by atoms with E-state index in [1.54, 1.807) is 12.4 Å². The predicted molar refractivity (Wildman–Crippen MR) is 62.0 cm³/mol. The van der Waals surface area contributed by atoms with Crippen LogP contribution in [0.25, 0.3) is 0 Å². The lowest BCUT2D eigenvalue weighted by molar-refractivity contribution is -0.136. The number of aryl methyl sites for hydroxylation is 1. The van der Waals surface area contributed by atoms with Crippen LogP contribution >= 0.6 is 11.8 Å². The maximum atomic E-state index is 10.8. The van der Waals surface area contributed by atoms with Crippen LogP contribution in [0.3, 0.4) is 0 Å². The van der Waals surface area contributed by atoms with Crippen molar-refractivity contribution in [2.75, 3.05) is 0 Å². The standard InChI is InChI=1S/C11H15NO2S/c1-3-10(11(13)14)15-7-9-4-8(2)5-12-6-9/h4-6,10H,3,7H2,1-2H3,(H,13,14).